The molecule has 156 valence electrons. The summed E-state index contributed by atoms with van der Waals surface area (Å²) in [5, 5.41) is 5.24. The van der Waals surface area contributed by atoms with E-state index in [4.69, 9.17) is 4.74 Å². The molecule has 0 bridgehead atoms. The lowest BCUT2D eigenvalue weighted by atomic mass is 10.2. The van der Waals surface area contributed by atoms with E-state index in [-0.39, 0.29) is 4.90 Å². The number of nitrogens with one attached hydrogen (secondary N) is 2. The molecule has 0 saturated heterocycles. The average molecular weight is 420 g/mol. The second-order valence-corrected chi connectivity index (χ2v) is 9.63. The second-order valence-electron chi connectivity index (χ2n) is 7.48. The van der Waals surface area contributed by atoms with Gasteiger partial charge in [-0.1, -0.05) is 12.1 Å². The van der Waals surface area contributed by atoms with Crippen LogP contribution < -0.4 is 10.6 Å². The van der Waals surface area contributed by atoms with Gasteiger partial charge in [0.15, 0.2) is 0 Å². The van der Waals surface area contributed by atoms with Gasteiger partial charge in [0.05, 0.1) is 4.90 Å². The molecular formula is C20H25N3O5S. The van der Waals surface area contributed by atoms with Gasteiger partial charge in [-0.25, -0.2) is 17.5 Å². The Morgan fingerprint density at radius 2 is 1.52 bits per heavy atom. The zero-order valence-electron chi connectivity index (χ0n) is 17.0. The van der Waals surface area contributed by atoms with Gasteiger partial charge >= 0.3 is 6.09 Å². The van der Waals surface area contributed by atoms with Crippen molar-refractivity contribution < 1.29 is 22.7 Å². The smallest absolute Gasteiger partial charge is 0.412 e. The van der Waals surface area contributed by atoms with Crippen LogP contribution in [0.5, 0.6) is 0 Å². The highest BCUT2D eigenvalue weighted by Gasteiger charge is 2.19. The summed E-state index contributed by atoms with van der Waals surface area (Å²) in [6.45, 7) is 5.25. The Bertz CT molecular complexity index is 1010. The molecule has 29 heavy (non-hydrogen) atoms. The fraction of sp³-hybridized carbons (Fsp3) is 0.300. The van der Waals surface area contributed by atoms with Crippen LogP contribution in [0.2, 0.25) is 0 Å². The standard InChI is InChI=1S/C20H25N3O5S/c1-20(2,3)28-19(25)22-15-9-6-8-14(12-15)18(24)21-16-10-7-11-17(13-16)29(26,27)23(4)5/h6-13H,1-5H3,(H,21,24)(H,22,25). The van der Waals surface area contributed by atoms with Crippen LogP contribution in [0.4, 0.5) is 16.2 Å². The lowest BCUT2D eigenvalue weighted by Crippen LogP contribution is -2.27. The van der Waals surface area contributed by atoms with Crippen LogP contribution >= 0.6 is 0 Å². The average Bonchev–Trinajstić information content (AvgIpc) is 2.60. The number of rotatable bonds is 5. The van der Waals surface area contributed by atoms with Gasteiger partial charge in [-0.3, -0.25) is 10.1 Å². The van der Waals surface area contributed by atoms with E-state index in [0.29, 0.717) is 16.9 Å². The summed E-state index contributed by atoms with van der Waals surface area (Å²) < 4.78 is 30.8. The monoisotopic (exact) mass is 419 g/mol. The number of amides is 2. The molecule has 0 aromatic heterocycles. The van der Waals surface area contributed by atoms with Gasteiger partial charge in [0.25, 0.3) is 5.91 Å². The minimum absolute atomic E-state index is 0.0700. The van der Waals surface area contributed by atoms with E-state index in [1.165, 1.54) is 32.3 Å². The fourth-order valence-corrected chi connectivity index (χ4v) is 3.26. The van der Waals surface area contributed by atoms with Crippen LogP contribution in [-0.4, -0.2) is 44.4 Å². The molecule has 2 rings (SSSR count). The Kier molecular flexibility index (Phi) is 6.66. The molecular weight excluding hydrogens is 394 g/mol. The van der Waals surface area contributed by atoms with Crippen LogP contribution in [0.25, 0.3) is 0 Å². The maximum atomic E-state index is 12.6. The van der Waals surface area contributed by atoms with Crippen molar-refractivity contribution in [2.24, 2.45) is 0 Å². The van der Waals surface area contributed by atoms with Gasteiger partial charge in [0.2, 0.25) is 10.0 Å². The molecule has 9 heteroatoms. The first kappa shape index (κ1) is 22.4. The molecule has 2 aromatic carbocycles. The molecule has 0 unspecified atom stereocenters. The van der Waals surface area contributed by atoms with E-state index in [1.54, 1.807) is 51.1 Å². The lowest BCUT2D eigenvalue weighted by Gasteiger charge is -2.19. The molecule has 2 aromatic rings. The summed E-state index contributed by atoms with van der Waals surface area (Å²) in [5.41, 5.74) is 0.385. The van der Waals surface area contributed by atoms with Crippen LogP contribution in [0.15, 0.2) is 53.4 Å². The third-order valence-electron chi connectivity index (χ3n) is 3.64. The Balaban J connectivity index is 2.15. The molecule has 0 aliphatic carbocycles. The molecule has 0 spiro atoms. The number of nitrogens with zero attached hydrogens (tertiary/aromatic N) is 1. The highest BCUT2D eigenvalue weighted by molar-refractivity contribution is 7.89. The number of hydrogen-bond acceptors (Lipinski definition) is 5. The van der Waals surface area contributed by atoms with Crippen molar-refractivity contribution in [1.29, 1.82) is 0 Å². The fourth-order valence-electron chi connectivity index (χ4n) is 2.31. The van der Waals surface area contributed by atoms with E-state index in [1.807, 2.05) is 0 Å². The highest BCUT2D eigenvalue weighted by atomic mass is 32.2. The SMILES string of the molecule is CN(C)S(=O)(=O)c1cccc(NC(=O)c2cccc(NC(=O)OC(C)(C)C)c2)c1. The molecule has 8 nitrogen and oxygen atoms in total. The van der Waals surface area contributed by atoms with E-state index in [0.717, 1.165) is 4.31 Å². The molecule has 2 N–H and O–H groups in total. The molecule has 0 heterocycles. The van der Waals surface area contributed by atoms with Gasteiger partial charge in [0.1, 0.15) is 5.60 Å². The molecule has 0 atom stereocenters. The van der Waals surface area contributed by atoms with Crippen molar-refractivity contribution >= 4 is 33.4 Å². The molecule has 0 aliphatic rings. The van der Waals surface area contributed by atoms with Gasteiger partial charge in [0, 0.05) is 31.0 Å². The predicted molar refractivity (Wildman–Crippen MR) is 112 cm³/mol. The van der Waals surface area contributed by atoms with E-state index in [2.05, 4.69) is 10.6 Å². The number of carbonyl (C=O) groups is 2. The number of ether oxygens (including phenoxy) is 1. The van der Waals surface area contributed by atoms with Crippen molar-refractivity contribution in [3.63, 3.8) is 0 Å². The number of anilines is 2. The Morgan fingerprint density at radius 3 is 2.10 bits per heavy atom. The number of hydrogen-bond donors (Lipinski definition) is 2. The summed E-state index contributed by atoms with van der Waals surface area (Å²) in [7, 11) is -0.746. The lowest BCUT2D eigenvalue weighted by molar-refractivity contribution is 0.0635. The number of benzene rings is 2. The van der Waals surface area contributed by atoms with Gasteiger partial charge in [-0.05, 0) is 57.2 Å². The van der Waals surface area contributed by atoms with Crippen LogP contribution in [0, 0.1) is 0 Å². The quantitative estimate of drug-likeness (QED) is 0.771. The van der Waals surface area contributed by atoms with Crippen LogP contribution in [0.3, 0.4) is 0 Å². The Hall–Kier alpha value is -2.91. The number of carbonyl (C=O) groups excluding carboxylic acids is 2. The molecule has 0 fully saturated rings. The summed E-state index contributed by atoms with van der Waals surface area (Å²) in [5.74, 6) is -0.447. The van der Waals surface area contributed by atoms with Gasteiger partial charge < -0.3 is 10.1 Å². The van der Waals surface area contributed by atoms with Crippen molar-refractivity contribution in [1.82, 2.24) is 4.31 Å². The first-order valence-corrected chi connectivity index (χ1v) is 10.3. The molecule has 0 aliphatic heterocycles. The van der Waals surface area contributed by atoms with Crippen molar-refractivity contribution in [3.05, 3.63) is 54.1 Å². The summed E-state index contributed by atoms with van der Waals surface area (Å²) in [6, 6.07) is 12.3. The normalized spacial score (nSPS) is 11.8. The molecule has 2 amide bonds. The van der Waals surface area contributed by atoms with Crippen LogP contribution in [-0.2, 0) is 14.8 Å². The predicted octanol–water partition coefficient (Wildman–Crippen LogP) is 3.54. The topological polar surface area (TPSA) is 105 Å². The van der Waals surface area contributed by atoms with Crippen molar-refractivity contribution in [2.45, 2.75) is 31.3 Å². The van der Waals surface area contributed by atoms with E-state index >= 15 is 0 Å². The Morgan fingerprint density at radius 1 is 0.931 bits per heavy atom. The van der Waals surface area contributed by atoms with Gasteiger partial charge in [-0.15, -0.1) is 0 Å². The number of sulfonamides is 1. The van der Waals surface area contributed by atoms with E-state index < -0.39 is 27.6 Å². The third-order valence-corrected chi connectivity index (χ3v) is 5.45. The zero-order valence-corrected chi connectivity index (χ0v) is 17.8. The van der Waals surface area contributed by atoms with Crippen LogP contribution in [0.1, 0.15) is 31.1 Å². The summed E-state index contributed by atoms with van der Waals surface area (Å²) in [6.07, 6.45) is -0.628. The second kappa shape index (κ2) is 8.62. The minimum Gasteiger partial charge on any atom is -0.444 e. The van der Waals surface area contributed by atoms with Crippen molar-refractivity contribution in [2.75, 3.05) is 24.7 Å². The molecule has 0 saturated carbocycles. The summed E-state index contributed by atoms with van der Waals surface area (Å²) >= 11 is 0. The van der Waals surface area contributed by atoms with Crippen molar-refractivity contribution in [3.8, 4) is 0 Å². The largest absolute Gasteiger partial charge is 0.444 e. The minimum atomic E-state index is -3.61. The first-order chi connectivity index (χ1) is 13.4. The summed E-state index contributed by atoms with van der Waals surface area (Å²) in [4.78, 5) is 24.5. The first-order valence-electron chi connectivity index (χ1n) is 8.82. The maximum Gasteiger partial charge on any atom is 0.412 e. The Labute approximate surface area is 170 Å². The zero-order chi connectivity index (χ0) is 21.8. The maximum absolute atomic E-state index is 12.6. The highest BCUT2D eigenvalue weighted by Crippen LogP contribution is 2.19. The van der Waals surface area contributed by atoms with E-state index in [9.17, 15) is 18.0 Å². The van der Waals surface area contributed by atoms with Gasteiger partial charge in [-0.2, -0.15) is 0 Å². The molecule has 0 radical (unpaired) electrons. The third kappa shape index (κ3) is 6.30.